The Morgan fingerprint density at radius 3 is 2.29 bits per heavy atom. The highest BCUT2D eigenvalue weighted by molar-refractivity contribution is 5.82. The van der Waals surface area contributed by atoms with Crippen LogP contribution in [0.2, 0.25) is 0 Å². The summed E-state index contributed by atoms with van der Waals surface area (Å²) in [4.78, 5) is 24.7. The fourth-order valence-electron chi connectivity index (χ4n) is 5.02. The Morgan fingerprint density at radius 2 is 1.69 bits per heavy atom. The van der Waals surface area contributed by atoms with Gasteiger partial charge in [-0.15, -0.1) is 0 Å². The molecule has 1 unspecified atom stereocenters. The van der Waals surface area contributed by atoms with E-state index < -0.39 is 12.3 Å². The van der Waals surface area contributed by atoms with Crippen LogP contribution in [0, 0.1) is 0 Å². The quantitative estimate of drug-likeness (QED) is 0.366. The number of fused-ring (bicyclic) bond motifs is 3. The smallest absolute Gasteiger partial charge is 0.433 e. The predicted octanol–water partition coefficient (Wildman–Crippen LogP) is 6.40. The first-order chi connectivity index (χ1) is 16.8. The second-order valence-electron chi connectivity index (χ2n) is 10.1. The summed E-state index contributed by atoms with van der Waals surface area (Å²) in [5, 5.41) is 0. The Balaban J connectivity index is 1.27. The van der Waals surface area contributed by atoms with Crippen molar-refractivity contribution in [2.24, 2.45) is 0 Å². The van der Waals surface area contributed by atoms with Gasteiger partial charge in [0.2, 0.25) is 0 Å². The van der Waals surface area contributed by atoms with Crippen LogP contribution in [0.15, 0.2) is 48.5 Å². The third-order valence-corrected chi connectivity index (χ3v) is 6.86. The van der Waals surface area contributed by atoms with Gasteiger partial charge < -0.3 is 18.9 Å². The lowest BCUT2D eigenvalue weighted by molar-refractivity contribution is -0.217. The van der Waals surface area contributed by atoms with Crippen LogP contribution in [0.25, 0.3) is 11.1 Å². The third-order valence-electron chi connectivity index (χ3n) is 6.86. The first kappa shape index (κ1) is 25.4. The molecule has 0 saturated carbocycles. The highest BCUT2D eigenvalue weighted by Crippen LogP contribution is 2.44. The van der Waals surface area contributed by atoms with Gasteiger partial charge in [-0.25, -0.2) is 4.79 Å². The van der Waals surface area contributed by atoms with Crippen LogP contribution >= 0.6 is 0 Å². The van der Waals surface area contributed by atoms with Crippen LogP contribution in [0.3, 0.4) is 0 Å². The van der Waals surface area contributed by atoms with Gasteiger partial charge in [0.05, 0.1) is 5.60 Å². The maximum absolute atomic E-state index is 12.5. The molecular weight excluding hydrogens is 444 g/mol. The van der Waals surface area contributed by atoms with Crippen molar-refractivity contribution in [2.75, 3.05) is 13.2 Å². The fourth-order valence-corrected chi connectivity index (χ4v) is 5.02. The second kappa shape index (κ2) is 11.4. The van der Waals surface area contributed by atoms with Crippen molar-refractivity contribution in [3.05, 3.63) is 59.7 Å². The molecule has 1 aliphatic carbocycles. The molecule has 0 aromatic heterocycles. The molecule has 1 fully saturated rings. The van der Waals surface area contributed by atoms with E-state index in [9.17, 15) is 9.59 Å². The molecule has 1 saturated heterocycles. The molecule has 1 heterocycles. The average Bonchev–Trinajstić information content (AvgIpc) is 3.16. The monoisotopic (exact) mass is 480 g/mol. The molecule has 1 aliphatic heterocycles. The number of ether oxygens (including phenoxy) is 4. The summed E-state index contributed by atoms with van der Waals surface area (Å²) in [6.07, 6.45) is 3.13. The molecule has 0 amide bonds. The summed E-state index contributed by atoms with van der Waals surface area (Å²) in [6.45, 7) is 6.40. The molecule has 0 radical (unpaired) electrons. The van der Waals surface area contributed by atoms with E-state index in [2.05, 4.69) is 24.3 Å². The van der Waals surface area contributed by atoms with Crippen molar-refractivity contribution >= 4 is 11.9 Å². The summed E-state index contributed by atoms with van der Waals surface area (Å²) in [5.74, 6) is -0.237. The third kappa shape index (κ3) is 6.50. The van der Waals surface area contributed by atoms with Gasteiger partial charge in [0.25, 0.3) is 0 Å². The van der Waals surface area contributed by atoms with Crippen molar-refractivity contribution in [1.29, 1.82) is 0 Å². The molecule has 6 heteroatoms. The Labute approximate surface area is 207 Å². The summed E-state index contributed by atoms with van der Waals surface area (Å²) in [5.41, 5.74) is 4.21. The van der Waals surface area contributed by atoms with Crippen LogP contribution < -0.4 is 0 Å². The zero-order chi connectivity index (χ0) is 24.8. The van der Waals surface area contributed by atoms with Gasteiger partial charge in [0, 0.05) is 12.5 Å². The minimum atomic E-state index is -0.826. The van der Waals surface area contributed by atoms with Crippen LogP contribution in [0.4, 0.5) is 4.79 Å². The molecule has 188 valence electrons. The number of Topliss-reactive ketones (excluding diaryl/α,β-unsaturated/α-hetero) is 1. The molecule has 2 atom stereocenters. The number of carbonyl (C=O) groups is 2. The van der Waals surface area contributed by atoms with Gasteiger partial charge in [0.15, 0.2) is 18.2 Å². The van der Waals surface area contributed by atoms with Crippen molar-refractivity contribution in [1.82, 2.24) is 0 Å². The summed E-state index contributed by atoms with van der Waals surface area (Å²) < 4.78 is 22.7. The lowest BCUT2D eigenvalue weighted by Crippen LogP contribution is -2.34. The van der Waals surface area contributed by atoms with E-state index >= 15 is 0 Å². The van der Waals surface area contributed by atoms with Gasteiger partial charge in [-0.3, -0.25) is 4.79 Å². The minimum absolute atomic E-state index is 0.0503. The largest absolute Gasteiger partial charge is 0.509 e. The second-order valence-corrected chi connectivity index (χ2v) is 10.1. The van der Waals surface area contributed by atoms with E-state index in [4.69, 9.17) is 18.9 Å². The van der Waals surface area contributed by atoms with E-state index in [0.29, 0.717) is 12.8 Å². The maximum atomic E-state index is 12.5. The van der Waals surface area contributed by atoms with Gasteiger partial charge >= 0.3 is 6.16 Å². The molecular formula is C29H36O6. The average molecular weight is 481 g/mol. The molecule has 0 spiro atoms. The highest BCUT2D eigenvalue weighted by Gasteiger charge is 2.30. The van der Waals surface area contributed by atoms with Crippen molar-refractivity contribution in [3.8, 4) is 11.1 Å². The topological polar surface area (TPSA) is 71.1 Å². The van der Waals surface area contributed by atoms with Gasteiger partial charge in [-0.1, -0.05) is 48.5 Å². The number of hydrogen-bond acceptors (Lipinski definition) is 6. The number of hydrogen-bond donors (Lipinski definition) is 0. The first-order valence-electron chi connectivity index (χ1n) is 12.7. The van der Waals surface area contributed by atoms with E-state index in [0.717, 1.165) is 54.5 Å². The maximum Gasteiger partial charge on any atom is 0.509 e. The van der Waals surface area contributed by atoms with E-state index in [1.807, 2.05) is 38.1 Å². The molecule has 0 N–H and O–H groups in total. The lowest BCUT2D eigenvalue weighted by Gasteiger charge is -2.33. The molecule has 35 heavy (non-hydrogen) atoms. The Morgan fingerprint density at radius 1 is 1.03 bits per heavy atom. The molecule has 2 aromatic rings. The van der Waals surface area contributed by atoms with Crippen LogP contribution in [-0.4, -0.2) is 43.1 Å². The van der Waals surface area contributed by atoms with Gasteiger partial charge in [-0.05, 0) is 81.5 Å². The zero-order valence-corrected chi connectivity index (χ0v) is 21.0. The highest BCUT2D eigenvalue weighted by atomic mass is 16.7. The SMILES string of the molecule is CC(=O)[C@H](CCCC(C)(C)OC1CCCCO1)OC(=O)OCC1c2ccccc2-c2ccccc21. The van der Waals surface area contributed by atoms with Crippen LogP contribution in [-0.2, 0) is 23.7 Å². The van der Waals surface area contributed by atoms with E-state index in [1.165, 1.54) is 6.92 Å². The number of carbonyl (C=O) groups excluding carboxylic acids is 2. The van der Waals surface area contributed by atoms with E-state index in [-0.39, 0.29) is 30.2 Å². The number of rotatable bonds is 10. The summed E-state index contributed by atoms with van der Waals surface area (Å²) in [7, 11) is 0. The summed E-state index contributed by atoms with van der Waals surface area (Å²) >= 11 is 0. The van der Waals surface area contributed by atoms with Gasteiger partial charge in [0.1, 0.15) is 6.61 Å². The number of benzene rings is 2. The van der Waals surface area contributed by atoms with E-state index in [1.54, 1.807) is 0 Å². The fraction of sp³-hybridized carbons (Fsp3) is 0.517. The van der Waals surface area contributed by atoms with Crippen LogP contribution in [0.1, 0.15) is 76.3 Å². The normalized spacial score (nSPS) is 18.4. The first-order valence-corrected chi connectivity index (χ1v) is 12.7. The Hall–Kier alpha value is -2.70. The van der Waals surface area contributed by atoms with Crippen molar-refractivity contribution < 1.29 is 28.5 Å². The van der Waals surface area contributed by atoms with Crippen molar-refractivity contribution in [2.45, 2.75) is 83.2 Å². The zero-order valence-electron chi connectivity index (χ0n) is 21.0. The standard InChI is InChI=1S/C29H36O6/c1-20(30)26(15-10-17-29(2,3)35-27-16-8-9-18-32-27)34-28(31)33-19-25-23-13-6-4-11-21(23)22-12-5-7-14-24(22)25/h4-7,11-14,25-27H,8-10,15-19H2,1-3H3/t26-,27?/m0/s1. The van der Waals surface area contributed by atoms with Crippen LogP contribution in [0.5, 0.6) is 0 Å². The predicted molar refractivity (Wildman–Crippen MR) is 133 cm³/mol. The lowest BCUT2D eigenvalue weighted by atomic mass is 9.98. The summed E-state index contributed by atoms with van der Waals surface area (Å²) in [6, 6.07) is 16.3. The molecule has 0 bridgehead atoms. The Kier molecular flexibility index (Phi) is 8.24. The van der Waals surface area contributed by atoms with Gasteiger partial charge in [-0.2, -0.15) is 0 Å². The molecule has 6 nitrogen and oxygen atoms in total. The van der Waals surface area contributed by atoms with Crippen molar-refractivity contribution in [3.63, 3.8) is 0 Å². The minimum Gasteiger partial charge on any atom is -0.433 e. The number of ketones is 1. The molecule has 2 aliphatic rings. The Bertz CT molecular complexity index is 978. The molecule has 4 rings (SSSR count). The molecule has 2 aromatic carbocycles.